The summed E-state index contributed by atoms with van der Waals surface area (Å²) in [6.07, 6.45) is 5.78. The van der Waals surface area contributed by atoms with Crippen LogP contribution in [0.2, 0.25) is 0 Å². The Balaban J connectivity index is 0.00000144. The first-order valence-corrected chi connectivity index (χ1v) is 8.30. The molecule has 0 aromatic heterocycles. The van der Waals surface area contributed by atoms with Gasteiger partial charge in [0, 0.05) is 37.8 Å². The van der Waals surface area contributed by atoms with Crippen molar-refractivity contribution in [2.45, 2.75) is 38.1 Å². The fourth-order valence-electron chi connectivity index (χ4n) is 3.95. The summed E-state index contributed by atoms with van der Waals surface area (Å²) in [6, 6.07) is 2.69. The molecule has 1 aromatic carbocycles. The molecule has 138 valence electrons. The van der Waals surface area contributed by atoms with Crippen molar-refractivity contribution in [3.63, 3.8) is 0 Å². The molecule has 0 radical (unpaired) electrons. The number of aromatic hydroxyl groups is 1. The molecule has 1 aliphatic heterocycles. The summed E-state index contributed by atoms with van der Waals surface area (Å²) in [5, 5.41) is 13.5. The van der Waals surface area contributed by atoms with E-state index in [-0.39, 0.29) is 30.9 Å². The molecule has 1 heterocycles. The standard InChI is InChI=1S/C17H24F2N2O.2ClH/c18-14-7-6-13(17(22)15(14)19)16(12-4-2-1-3-5-12)21-10-8-20-9-11-21;;/h6-7,12,16,20,22H,1-5,8-11H2;2*1H/t16-;;/m1../s1. The van der Waals surface area contributed by atoms with Crippen molar-refractivity contribution in [2.75, 3.05) is 26.2 Å². The molecule has 24 heavy (non-hydrogen) atoms. The lowest BCUT2D eigenvalue weighted by Crippen LogP contribution is -2.47. The highest BCUT2D eigenvalue weighted by molar-refractivity contribution is 5.85. The summed E-state index contributed by atoms with van der Waals surface area (Å²) in [5.74, 6) is -2.20. The fraction of sp³-hybridized carbons (Fsp3) is 0.647. The van der Waals surface area contributed by atoms with Crippen molar-refractivity contribution in [3.05, 3.63) is 29.3 Å². The van der Waals surface area contributed by atoms with Gasteiger partial charge in [0.1, 0.15) is 0 Å². The van der Waals surface area contributed by atoms with Gasteiger partial charge in [-0.05, 0) is 24.8 Å². The number of nitrogens with one attached hydrogen (secondary N) is 1. The van der Waals surface area contributed by atoms with E-state index in [0.29, 0.717) is 11.5 Å². The first kappa shape index (κ1) is 21.4. The maximum absolute atomic E-state index is 13.8. The second-order valence-electron chi connectivity index (χ2n) is 6.43. The van der Waals surface area contributed by atoms with Gasteiger partial charge in [-0.2, -0.15) is 4.39 Å². The lowest BCUT2D eigenvalue weighted by molar-refractivity contribution is 0.101. The number of hydrogen-bond acceptors (Lipinski definition) is 3. The minimum absolute atomic E-state index is 0. The number of rotatable bonds is 3. The molecular formula is C17H26Cl2F2N2O. The van der Waals surface area contributed by atoms with Crippen molar-refractivity contribution in [2.24, 2.45) is 5.92 Å². The Hall–Kier alpha value is -0.620. The number of hydrogen-bond donors (Lipinski definition) is 2. The van der Waals surface area contributed by atoms with Gasteiger partial charge in [0.15, 0.2) is 11.6 Å². The largest absolute Gasteiger partial charge is 0.505 e. The highest BCUT2D eigenvalue weighted by Crippen LogP contribution is 2.42. The van der Waals surface area contributed by atoms with Crippen molar-refractivity contribution in [3.8, 4) is 5.75 Å². The smallest absolute Gasteiger partial charge is 0.200 e. The Morgan fingerprint density at radius 2 is 1.67 bits per heavy atom. The van der Waals surface area contributed by atoms with Gasteiger partial charge in [0.05, 0.1) is 0 Å². The summed E-state index contributed by atoms with van der Waals surface area (Å²) >= 11 is 0. The van der Waals surface area contributed by atoms with E-state index in [0.717, 1.165) is 45.1 Å². The third-order valence-corrected chi connectivity index (χ3v) is 5.06. The number of halogens is 4. The Morgan fingerprint density at radius 1 is 1.04 bits per heavy atom. The van der Waals surface area contributed by atoms with Gasteiger partial charge in [-0.25, -0.2) is 4.39 Å². The van der Waals surface area contributed by atoms with Gasteiger partial charge in [-0.3, -0.25) is 4.90 Å². The van der Waals surface area contributed by atoms with E-state index in [9.17, 15) is 13.9 Å². The molecule has 1 saturated carbocycles. The summed E-state index contributed by atoms with van der Waals surface area (Å²) in [7, 11) is 0. The molecule has 0 bridgehead atoms. The van der Waals surface area contributed by atoms with E-state index in [2.05, 4.69) is 10.2 Å². The van der Waals surface area contributed by atoms with E-state index in [1.165, 1.54) is 19.3 Å². The van der Waals surface area contributed by atoms with Crippen LogP contribution >= 0.6 is 24.8 Å². The van der Waals surface area contributed by atoms with Crippen LogP contribution in [0.25, 0.3) is 0 Å². The first-order chi connectivity index (χ1) is 10.7. The molecule has 1 atom stereocenters. The normalized spacial score (nSPS) is 20.8. The van der Waals surface area contributed by atoms with Gasteiger partial charge in [0.25, 0.3) is 0 Å². The van der Waals surface area contributed by atoms with Crippen molar-refractivity contribution >= 4 is 24.8 Å². The average Bonchev–Trinajstić information content (AvgIpc) is 2.57. The van der Waals surface area contributed by atoms with Crippen LogP contribution in [0, 0.1) is 17.6 Å². The molecule has 1 saturated heterocycles. The van der Waals surface area contributed by atoms with Gasteiger partial charge in [0.2, 0.25) is 5.82 Å². The molecule has 0 amide bonds. The zero-order valence-corrected chi connectivity index (χ0v) is 15.3. The fourth-order valence-corrected chi connectivity index (χ4v) is 3.95. The highest BCUT2D eigenvalue weighted by Gasteiger charge is 2.33. The van der Waals surface area contributed by atoms with Crippen LogP contribution in [0.1, 0.15) is 43.7 Å². The van der Waals surface area contributed by atoms with E-state index >= 15 is 0 Å². The maximum atomic E-state index is 13.8. The Bertz CT molecular complexity index is 504. The third kappa shape index (κ3) is 4.51. The molecular weight excluding hydrogens is 357 g/mol. The minimum atomic E-state index is -1.12. The third-order valence-electron chi connectivity index (χ3n) is 5.06. The molecule has 3 rings (SSSR count). The second kappa shape index (κ2) is 9.76. The predicted molar refractivity (Wildman–Crippen MR) is 96.3 cm³/mol. The molecule has 0 spiro atoms. The lowest BCUT2D eigenvalue weighted by atomic mass is 9.80. The van der Waals surface area contributed by atoms with Crippen LogP contribution in [0.3, 0.4) is 0 Å². The lowest BCUT2D eigenvalue weighted by Gasteiger charge is -2.41. The molecule has 2 aliphatic rings. The van der Waals surface area contributed by atoms with Gasteiger partial charge >= 0.3 is 0 Å². The summed E-state index contributed by atoms with van der Waals surface area (Å²) in [5.41, 5.74) is 0.549. The second-order valence-corrected chi connectivity index (χ2v) is 6.43. The van der Waals surface area contributed by atoms with Crippen LogP contribution in [-0.4, -0.2) is 36.2 Å². The summed E-state index contributed by atoms with van der Waals surface area (Å²) < 4.78 is 27.2. The minimum Gasteiger partial charge on any atom is -0.505 e. The average molecular weight is 383 g/mol. The van der Waals surface area contributed by atoms with Crippen LogP contribution < -0.4 is 5.32 Å². The molecule has 2 fully saturated rings. The predicted octanol–water partition coefficient (Wildman–Crippen LogP) is 4.04. The van der Waals surface area contributed by atoms with Crippen LogP contribution in [-0.2, 0) is 0 Å². The van der Waals surface area contributed by atoms with E-state index in [1.807, 2.05) is 0 Å². The Kier molecular flexibility index (Phi) is 8.71. The monoisotopic (exact) mass is 382 g/mol. The number of nitrogens with zero attached hydrogens (tertiary/aromatic N) is 1. The van der Waals surface area contributed by atoms with Crippen molar-refractivity contribution in [1.82, 2.24) is 10.2 Å². The number of phenols is 1. The van der Waals surface area contributed by atoms with E-state index in [1.54, 1.807) is 6.07 Å². The summed E-state index contributed by atoms with van der Waals surface area (Å²) in [6.45, 7) is 3.54. The molecule has 3 nitrogen and oxygen atoms in total. The van der Waals surface area contributed by atoms with Gasteiger partial charge < -0.3 is 10.4 Å². The molecule has 1 aliphatic carbocycles. The maximum Gasteiger partial charge on any atom is 0.200 e. The van der Waals surface area contributed by atoms with Crippen LogP contribution in [0.4, 0.5) is 8.78 Å². The topological polar surface area (TPSA) is 35.5 Å². The van der Waals surface area contributed by atoms with Crippen LogP contribution in [0.5, 0.6) is 5.75 Å². The van der Waals surface area contributed by atoms with E-state index < -0.39 is 17.4 Å². The molecule has 1 aromatic rings. The number of piperazine rings is 1. The quantitative estimate of drug-likeness (QED) is 0.827. The summed E-state index contributed by atoms with van der Waals surface area (Å²) in [4.78, 5) is 2.32. The molecule has 7 heteroatoms. The van der Waals surface area contributed by atoms with Crippen LogP contribution in [0.15, 0.2) is 12.1 Å². The number of benzene rings is 1. The van der Waals surface area contributed by atoms with E-state index in [4.69, 9.17) is 0 Å². The SMILES string of the molecule is Cl.Cl.Oc1c([C@@H](C2CCCCC2)N2CCNCC2)ccc(F)c1F. The zero-order valence-electron chi connectivity index (χ0n) is 13.6. The molecule has 0 unspecified atom stereocenters. The molecule has 2 N–H and O–H groups in total. The van der Waals surface area contributed by atoms with Crippen molar-refractivity contribution < 1.29 is 13.9 Å². The first-order valence-electron chi connectivity index (χ1n) is 8.30. The highest BCUT2D eigenvalue weighted by atomic mass is 35.5. The number of phenolic OH excluding ortho intramolecular Hbond substituents is 1. The Labute approximate surface area is 154 Å². The zero-order chi connectivity index (χ0) is 15.5. The van der Waals surface area contributed by atoms with Crippen molar-refractivity contribution in [1.29, 1.82) is 0 Å². The van der Waals surface area contributed by atoms with Gasteiger partial charge in [-0.1, -0.05) is 25.3 Å². The Morgan fingerprint density at radius 3 is 2.29 bits per heavy atom. The van der Waals surface area contributed by atoms with Gasteiger partial charge in [-0.15, -0.1) is 24.8 Å².